The summed E-state index contributed by atoms with van der Waals surface area (Å²) >= 11 is 0. The number of aryl methyl sites for hydroxylation is 2. The molecule has 0 radical (unpaired) electrons. The summed E-state index contributed by atoms with van der Waals surface area (Å²) in [6.45, 7) is 9.84. The van der Waals surface area contributed by atoms with Crippen LogP contribution in [-0.4, -0.2) is 59.8 Å². The molecule has 1 amide bonds. The topological polar surface area (TPSA) is 74.6 Å². The zero-order valence-electron chi connectivity index (χ0n) is 19.4. The highest BCUT2D eigenvalue weighted by atomic mass is 16.2. The monoisotopic (exact) mass is 412 g/mol. The first kappa shape index (κ1) is 23.4. The van der Waals surface area contributed by atoms with Crippen molar-refractivity contribution in [2.24, 2.45) is 12.0 Å². The molecule has 2 rings (SSSR count). The quantitative estimate of drug-likeness (QED) is 0.516. The number of amides is 1. The van der Waals surface area contributed by atoms with E-state index in [9.17, 15) is 4.79 Å². The lowest BCUT2D eigenvalue weighted by atomic mass is 10.1. The smallest absolute Gasteiger partial charge is 0.253 e. The third-order valence-corrected chi connectivity index (χ3v) is 5.15. The Morgan fingerprint density at radius 1 is 1.30 bits per heavy atom. The largest absolute Gasteiger partial charge is 0.357 e. The van der Waals surface area contributed by atoms with Crippen molar-refractivity contribution in [3.63, 3.8) is 0 Å². The minimum atomic E-state index is 0.0187. The Kier molecular flexibility index (Phi) is 8.45. The average molecular weight is 413 g/mol. The fourth-order valence-corrected chi connectivity index (χ4v) is 3.44. The van der Waals surface area contributed by atoms with Gasteiger partial charge in [-0.3, -0.25) is 14.5 Å². The molecule has 2 N–H and O–H groups in total. The number of benzene rings is 1. The van der Waals surface area contributed by atoms with E-state index in [1.54, 1.807) is 19.0 Å². The van der Waals surface area contributed by atoms with E-state index in [4.69, 9.17) is 4.99 Å². The molecule has 0 aliphatic rings. The van der Waals surface area contributed by atoms with Gasteiger partial charge in [-0.2, -0.15) is 5.10 Å². The van der Waals surface area contributed by atoms with Crippen LogP contribution in [0.4, 0.5) is 0 Å². The fourth-order valence-electron chi connectivity index (χ4n) is 3.44. The summed E-state index contributed by atoms with van der Waals surface area (Å²) in [4.78, 5) is 18.5. The summed E-state index contributed by atoms with van der Waals surface area (Å²) in [5.41, 5.74) is 5.39. The molecule has 0 saturated heterocycles. The van der Waals surface area contributed by atoms with Gasteiger partial charge < -0.3 is 15.5 Å². The van der Waals surface area contributed by atoms with E-state index in [-0.39, 0.29) is 11.9 Å². The molecule has 0 spiro atoms. The lowest BCUT2D eigenvalue weighted by Crippen LogP contribution is -2.43. The summed E-state index contributed by atoms with van der Waals surface area (Å²) in [6.07, 6.45) is 1.67. The highest BCUT2D eigenvalue weighted by molar-refractivity contribution is 5.94. The minimum absolute atomic E-state index is 0.0187. The Balaban J connectivity index is 1.99. The van der Waals surface area contributed by atoms with E-state index in [1.807, 2.05) is 36.0 Å². The first-order valence-corrected chi connectivity index (χ1v) is 10.6. The van der Waals surface area contributed by atoms with Crippen molar-refractivity contribution >= 4 is 11.9 Å². The number of carbonyl (C=O) groups excluding carboxylic acids is 1. The number of rotatable bonds is 8. The van der Waals surface area contributed by atoms with Gasteiger partial charge in [0.15, 0.2) is 5.96 Å². The number of aliphatic imine (C=N–C) groups is 1. The summed E-state index contributed by atoms with van der Waals surface area (Å²) < 4.78 is 1.94. The van der Waals surface area contributed by atoms with Gasteiger partial charge in [0.05, 0.1) is 5.69 Å². The van der Waals surface area contributed by atoms with Gasteiger partial charge in [0.2, 0.25) is 0 Å². The summed E-state index contributed by atoms with van der Waals surface area (Å²) in [5, 5.41) is 11.3. The molecule has 1 aromatic heterocycles. The molecule has 7 heteroatoms. The van der Waals surface area contributed by atoms with Crippen molar-refractivity contribution in [2.45, 2.75) is 46.6 Å². The molecule has 7 nitrogen and oxygen atoms in total. The Bertz CT molecular complexity index is 884. The third-order valence-electron chi connectivity index (χ3n) is 5.15. The fraction of sp³-hybridized carbons (Fsp3) is 0.522. The van der Waals surface area contributed by atoms with Crippen LogP contribution in [0, 0.1) is 13.8 Å². The van der Waals surface area contributed by atoms with Crippen LogP contribution in [0.25, 0.3) is 0 Å². The van der Waals surface area contributed by atoms with Crippen LogP contribution in [-0.2, 0) is 19.9 Å². The third kappa shape index (κ3) is 6.34. The Morgan fingerprint density at radius 2 is 2.03 bits per heavy atom. The minimum Gasteiger partial charge on any atom is -0.357 e. The van der Waals surface area contributed by atoms with E-state index in [1.165, 1.54) is 11.3 Å². The Labute approximate surface area is 180 Å². The maximum absolute atomic E-state index is 12.2. The van der Waals surface area contributed by atoms with Crippen LogP contribution >= 0.6 is 0 Å². The molecule has 0 bridgehead atoms. The lowest BCUT2D eigenvalue weighted by Gasteiger charge is -2.18. The average Bonchev–Trinajstić information content (AvgIpc) is 2.93. The second kappa shape index (κ2) is 10.8. The number of nitrogens with one attached hydrogen (secondary N) is 2. The summed E-state index contributed by atoms with van der Waals surface area (Å²) in [7, 11) is 5.52. The van der Waals surface area contributed by atoms with Crippen molar-refractivity contribution in [1.29, 1.82) is 0 Å². The number of carbonyl (C=O) groups is 1. The molecule has 0 fully saturated rings. The number of hydrogen-bond donors (Lipinski definition) is 2. The highest BCUT2D eigenvalue weighted by Crippen LogP contribution is 2.14. The van der Waals surface area contributed by atoms with Gasteiger partial charge in [0.1, 0.15) is 0 Å². The van der Waals surface area contributed by atoms with Gasteiger partial charge in [-0.15, -0.1) is 0 Å². The van der Waals surface area contributed by atoms with Crippen LogP contribution in [0.1, 0.15) is 46.7 Å². The van der Waals surface area contributed by atoms with Gasteiger partial charge in [0, 0.05) is 51.5 Å². The Morgan fingerprint density at radius 3 is 2.63 bits per heavy atom. The van der Waals surface area contributed by atoms with Crippen molar-refractivity contribution in [3.05, 3.63) is 52.3 Å². The molecule has 0 aliphatic carbocycles. The van der Waals surface area contributed by atoms with E-state index >= 15 is 0 Å². The van der Waals surface area contributed by atoms with Crippen LogP contribution in [0.5, 0.6) is 0 Å². The zero-order chi connectivity index (χ0) is 22.3. The maximum Gasteiger partial charge on any atom is 0.253 e. The standard InChI is InChI=1S/C23H36N6O/c1-8-24-23(26-16(2)14-21-17(3)27-29(7)18(21)4)25-13-12-19-10-9-11-20(15-19)22(30)28(5)6/h9-11,15-16H,8,12-14H2,1-7H3,(H2,24,25,26). The molecule has 30 heavy (non-hydrogen) atoms. The second-order valence-corrected chi connectivity index (χ2v) is 7.93. The zero-order valence-corrected chi connectivity index (χ0v) is 19.4. The summed E-state index contributed by atoms with van der Waals surface area (Å²) in [5.74, 6) is 0.829. The van der Waals surface area contributed by atoms with Crippen LogP contribution < -0.4 is 10.6 Å². The van der Waals surface area contributed by atoms with Gasteiger partial charge in [-0.05, 0) is 63.8 Å². The SMILES string of the molecule is CCNC(=NCCc1cccc(C(=O)N(C)C)c1)NC(C)Cc1c(C)nn(C)c1C. The first-order chi connectivity index (χ1) is 14.2. The number of nitrogens with zero attached hydrogens (tertiary/aromatic N) is 4. The van der Waals surface area contributed by atoms with Crippen LogP contribution in [0.2, 0.25) is 0 Å². The number of aromatic nitrogens is 2. The molecular weight excluding hydrogens is 376 g/mol. The van der Waals surface area contributed by atoms with Gasteiger partial charge >= 0.3 is 0 Å². The van der Waals surface area contributed by atoms with Crippen molar-refractivity contribution in [3.8, 4) is 0 Å². The van der Waals surface area contributed by atoms with Crippen molar-refractivity contribution in [1.82, 2.24) is 25.3 Å². The maximum atomic E-state index is 12.2. The van der Waals surface area contributed by atoms with Gasteiger partial charge in [0.25, 0.3) is 5.91 Å². The molecule has 1 aromatic carbocycles. The first-order valence-electron chi connectivity index (χ1n) is 10.6. The molecular formula is C23H36N6O. The second-order valence-electron chi connectivity index (χ2n) is 7.93. The van der Waals surface area contributed by atoms with E-state index in [2.05, 4.69) is 43.4 Å². The van der Waals surface area contributed by atoms with Crippen molar-refractivity contribution in [2.75, 3.05) is 27.2 Å². The van der Waals surface area contributed by atoms with Gasteiger partial charge in [-0.25, -0.2) is 0 Å². The molecule has 164 valence electrons. The molecule has 1 heterocycles. The molecule has 0 aliphatic heterocycles. The number of hydrogen-bond acceptors (Lipinski definition) is 3. The number of guanidine groups is 1. The normalized spacial score (nSPS) is 12.6. The predicted molar refractivity (Wildman–Crippen MR) is 123 cm³/mol. The summed E-state index contributed by atoms with van der Waals surface area (Å²) in [6, 6.07) is 8.00. The molecule has 1 unspecified atom stereocenters. The lowest BCUT2D eigenvalue weighted by molar-refractivity contribution is 0.0827. The van der Waals surface area contributed by atoms with Crippen LogP contribution in [0.15, 0.2) is 29.3 Å². The molecule has 1 atom stereocenters. The highest BCUT2D eigenvalue weighted by Gasteiger charge is 2.14. The predicted octanol–water partition coefficient (Wildman–Crippen LogP) is 2.47. The van der Waals surface area contributed by atoms with E-state index < -0.39 is 0 Å². The Hall–Kier alpha value is -2.83. The van der Waals surface area contributed by atoms with Gasteiger partial charge in [-0.1, -0.05) is 12.1 Å². The van der Waals surface area contributed by atoms with Crippen molar-refractivity contribution < 1.29 is 4.79 Å². The van der Waals surface area contributed by atoms with E-state index in [0.717, 1.165) is 36.6 Å². The molecule has 2 aromatic rings. The molecule has 0 saturated carbocycles. The van der Waals surface area contributed by atoms with E-state index in [0.29, 0.717) is 12.1 Å². The van der Waals surface area contributed by atoms with Crippen LogP contribution in [0.3, 0.4) is 0 Å².